The number of halogens is 2. The highest BCUT2D eigenvalue weighted by atomic mass is 79.9. The molecule has 1 aliphatic rings. The van der Waals surface area contributed by atoms with Crippen molar-refractivity contribution >= 4 is 39.9 Å². The molecule has 20 heavy (non-hydrogen) atoms. The van der Waals surface area contributed by atoms with Crippen LogP contribution in [0.2, 0.25) is 0 Å². The summed E-state index contributed by atoms with van der Waals surface area (Å²) in [5, 5.41) is 6.13. The van der Waals surface area contributed by atoms with Crippen LogP contribution in [0.5, 0.6) is 0 Å². The predicted molar refractivity (Wildman–Crippen MR) is 88.5 cm³/mol. The molecule has 2 N–H and O–H groups in total. The van der Waals surface area contributed by atoms with Gasteiger partial charge in [0.15, 0.2) is 0 Å². The molecular weight excluding hydrogens is 342 g/mol. The van der Waals surface area contributed by atoms with Crippen molar-refractivity contribution in [2.24, 2.45) is 0 Å². The second kappa shape index (κ2) is 8.62. The lowest BCUT2D eigenvalue weighted by Gasteiger charge is -2.23. The van der Waals surface area contributed by atoms with E-state index in [9.17, 15) is 4.79 Å². The summed E-state index contributed by atoms with van der Waals surface area (Å²) in [5.74, 6) is 0.0605. The smallest absolute Gasteiger partial charge is 0.238 e. The third-order valence-electron chi connectivity index (χ3n) is 3.41. The Hall–Kier alpha value is -0.620. The molecule has 1 aromatic carbocycles. The van der Waals surface area contributed by atoms with Gasteiger partial charge in [-0.15, -0.1) is 12.4 Å². The van der Waals surface area contributed by atoms with Crippen molar-refractivity contribution in [2.45, 2.75) is 18.9 Å². The number of nitrogens with zero attached hydrogens (tertiary/aromatic N) is 1. The van der Waals surface area contributed by atoms with Gasteiger partial charge < -0.3 is 10.6 Å². The van der Waals surface area contributed by atoms with Crippen molar-refractivity contribution in [2.75, 3.05) is 32.0 Å². The highest BCUT2D eigenvalue weighted by molar-refractivity contribution is 9.10. The summed E-state index contributed by atoms with van der Waals surface area (Å²) in [6.07, 6.45) is 2.35. The first-order chi connectivity index (χ1) is 9.19. The number of likely N-dealkylation sites (N-methyl/N-ethyl adjacent to an activating group) is 1. The van der Waals surface area contributed by atoms with Crippen LogP contribution in [0.25, 0.3) is 0 Å². The summed E-state index contributed by atoms with van der Waals surface area (Å²) >= 11 is 3.38. The van der Waals surface area contributed by atoms with Gasteiger partial charge in [-0.1, -0.05) is 15.9 Å². The SMILES string of the molecule is CNCC1CCCN1CC(=O)Nc1ccc(Br)cc1.Cl. The number of carbonyl (C=O) groups is 1. The van der Waals surface area contributed by atoms with E-state index in [1.807, 2.05) is 31.3 Å². The Bertz CT molecular complexity index is 427. The topological polar surface area (TPSA) is 44.4 Å². The number of carbonyl (C=O) groups excluding carboxylic acids is 1. The molecule has 2 rings (SSSR count). The van der Waals surface area contributed by atoms with Crippen LogP contribution in [0.4, 0.5) is 5.69 Å². The fraction of sp³-hybridized carbons (Fsp3) is 0.500. The van der Waals surface area contributed by atoms with Gasteiger partial charge >= 0.3 is 0 Å². The molecule has 112 valence electrons. The van der Waals surface area contributed by atoms with Gasteiger partial charge in [0.1, 0.15) is 0 Å². The van der Waals surface area contributed by atoms with E-state index in [0.717, 1.165) is 23.2 Å². The summed E-state index contributed by atoms with van der Waals surface area (Å²) < 4.78 is 1.01. The van der Waals surface area contributed by atoms with Crippen LogP contribution >= 0.6 is 28.3 Å². The van der Waals surface area contributed by atoms with E-state index < -0.39 is 0 Å². The molecule has 1 saturated heterocycles. The van der Waals surface area contributed by atoms with Crippen molar-refractivity contribution < 1.29 is 4.79 Å². The number of nitrogens with one attached hydrogen (secondary N) is 2. The minimum absolute atomic E-state index is 0. The summed E-state index contributed by atoms with van der Waals surface area (Å²) in [6, 6.07) is 8.14. The number of hydrogen-bond donors (Lipinski definition) is 2. The van der Waals surface area contributed by atoms with Crippen molar-refractivity contribution in [1.82, 2.24) is 10.2 Å². The average Bonchev–Trinajstić information content (AvgIpc) is 2.80. The molecule has 0 radical (unpaired) electrons. The molecule has 0 bridgehead atoms. The molecule has 1 atom stereocenters. The number of amides is 1. The Morgan fingerprint density at radius 2 is 2.10 bits per heavy atom. The van der Waals surface area contributed by atoms with Crippen molar-refractivity contribution in [3.63, 3.8) is 0 Å². The molecule has 1 unspecified atom stereocenters. The van der Waals surface area contributed by atoms with E-state index in [1.54, 1.807) is 0 Å². The maximum Gasteiger partial charge on any atom is 0.238 e. The van der Waals surface area contributed by atoms with Gasteiger partial charge in [-0.2, -0.15) is 0 Å². The zero-order chi connectivity index (χ0) is 13.7. The lowest BCUT2D eigenvalue weighted by Crippen LogP contribution is -2.41. The predicted octanol–water partition coefficient (Wildman–Crippen LogP) is 2.49. The molecule has 1 aliphatic heterocycles. The van der Waals surface area contributed by atoms with Crippen LogP contribution < -0.4 is 10.6 Å². The molecule has 0 saturated carbocycles. The first-order valence-electron chi connectivity index (χ1n) is 6.63. The summed E-state index contributed by atoms with van der Waals surface area (Å²) in [4.78, 5) is 14.3. The molecule has 4 nitrogen and oxygen atoms in total. The van der Waals surface area contributed by atoms with Gasteiger partial charge in [0, 0.05) is 22.7 Å². The fourth-order valence-electron chi connectivity index (χ4n) is 2.49. The zero-order valence-electron chi connectivity index (χ0n) is 11.6. The highest BCUT2D eigenvalue weighted by Gasteiger charge is 2.25. The van der Waals surface area contributed by atoms with E-state index in [4.69, 9.17) is 0 Å². The first kappa shape index (κ1) is 17.4. The summed E-state index contributed by atoms with van der Waals surface area (Å²) in [5.41, 5.74) is 0.845. The van der Waals surface area contributed by atoms with Crippen LogP contribution in [0.1, 0.15) is 12.8 Å². The Labute approximate surface area is 134 Å². The molecule has 0 spiro atoms. The molecule has 6 heteroatoms. The molecule has 1 heterocycles. The summed E-state index contributed by atoms with van der Waals surface area (Å²) in [7, 11) is 1.96. The molecular formula is C14H21BrClN3O. The highest BCUT2D eigenvalue weighted by Crippen LogP contribution is 2.17. The number of rotatable bonds is 5. The number of likely N-dealkylation sites (tertiary alicyclic amines) is 1. The monoisotopic (exact) mass is 361 g/mol. The van der Waals surface area contributed by atoms with Crippen molar-refractivity contribution in [1.29, 1.82) is 0 Å². The molecule has 0 aliphatic carbocycles. The number of anilines is 1. The maximum absolute atomic E-state index is 12.0. The van der Waals surface area contributed by atoms with Crippen LogP contribution in [-0.4, -0.2) is 43.5 Å². The van der Waals surface area contributed by atoms with E-state index in [0.29, 0.717) is 12.6 Å². The Morgan fingerprint density at radius 1 is 1.40 bits per heavy atom. The molecule has 0 aromatic heterocycles. The molecule has 1 aromatic rings. The Balaban J connectivity index is 0.00000200. The second-order valence-electron chi connectivity index (χ2n) is 4.88. The Morgan fingerprint density at radius 3 is 2.75 bits per heavy atom. The Kier molecular flexibility index (Phi) is 7.51. The maximum atomic E-state index is 12.0. The van der Waals surface area contributed by atoms with Crippen LogP contribution in [-0.2, 0) is 4.79 Å². The van der Waals surface area contributed by atoms with Gasteiger partial charge in [-0.05, 0) is 50.7 Å². The van der Waals surface area contributed by atoms with Gasteiger partial charge in [-0.25, -0.2) is 0 Å². The molecule has 1 amide bonds. The van der Waals surface area contributed by atoms with Gasteiger partial charge in [0.25, 0.3) is 0 Å². The second-order valence-corrected chi connectivity index (χ2v) is 5.79. The minimum atomic E-state index is 0. The molecule has 1 fully saturated rings. The minimum Gasteiger partial charge on any atom is -0.325 e. The van der Waals surface area contributed by atoms with Crippen LogP contribution in [0.15, 0.2) is 28.7 Å². The third-order valence-corrected chi connectivity index (χ3v) is 3.94. The van der Waals surface area contributed by atoms with Crippen molar-refractivity contribution in [3.8, 4) is 0 Å². The normalized spacial score (nSPS) is 18.6. The zero-order valence-corrected chi connectivity index (χ0v) is 14.0. The number of hydrogen-bond acceptors (Lipinski definition) is 3. The number of benzene rings is 1. The van der Waals surface area contributed by atoms with Gasteiger partial charge in [0.2, 0.25) is 5.91 Å². The first-order valence-corrected chi connectivity index (χ1v) is 7.42. The van der Waals surface area contributed by atoms with E-state index in [1.165, 1.54) is 12.8 Å². The largest absolute Gasteiger partial charge is 0.325 e. The lowest BCUT2D eigenvalue weighted by atomic mass is 10.2. The van der Waals surface area contributed by atoms with Gasteiger partial charge in [-0.3, -0.25) is 9.69 Å². The lowest BCUT2D eigenvalue weighted by molar-refractivity contribution is -0.117. The van der Waals surface area contributed by atoms with Crippen LogP contribution in [0, 0.1) is 0 Å². The van der Waals surface area contributed by atoms with E-state index in [2.05, 4.69) is 31.5 Å². The fourth-order valence-corrected chi connectivity index (χ4v) is 2.75. The quantitative estimate of drug-likeness (QED) is 0.846. The van der Waals surface area contributed by atoms with E-state index >= 15 is 0 Å². The standard InChI is InChI=1S/C14H20BrN3O.ClH/c1-16-9-13-3-2-8-18(13)10-14(19)17-12-6-4-11(15)5-7-12;/h4-7,13,16H,2-3,8-10H2,1H3,(H,17,19);1H. The van der Waals surface area contributed by atoms with E-state index in [-0.39, 0.29) is 18.3 Å². The van der Waals surface area contributed by atoms with Gasteiger partial charge in [0.05, 0.1) is 6.54 Å². The van der Waals surface area contributed by atoms with Crippen LogP contribution in [0.3, 0.4) is 0 Å². The summed E-state index contributed by atoms with van der Waals surface area (Å²) in [6.45, 7) is 2.44. The van der Waals surface area contributed by atoms with Crippen molar-refractivity contribution in [3.05, 3.63) is 28.7 Å². The third kappa shape index (κ3) is 5.05. The average molecular weight is 363 g/mol.